The van der Waals surface area contributed by atoms with Gasteiger partial charge in [-0.25, -0.2) is 0 Å². The summed E-state index contributed by atoms with van der Waals surface area (Å²) in [6.07, 6.45) is 1.03. The van der Waals surface area contributed by atoms with Gasteiger partial charge < -0.3 is 15.0 Å². The molecule has 0 bridgehead atoms. The standard InChI is InChI=1S/C16H26N2O2/c1-5-13-8-10-14(11-9-13)18(4)12-15(17-6-2)16(19)20-7-3/h8-11,15,17H,5-7,12H2,1-4H3. The number of hydrogen-bond donors (Lipinski definition) is 1. The number of carbonyl (C=O) groups excluding carboxylic acids is 1. The Morgan fingerprint density at radius 3 is 2.40 bits per heavy atom. The molecule has 0 aliphatic carbocycles. The molecule has 1 N–H and O–H groups in total. The smallest absolute Gasteiger partial charge is 0.324 e. The van der Waals surface area contributed by atoms with Gasteiger partial charge in [-0.2, -0.15) is 0 Å². The monoisotopic (exact) mass is 278 g/mol. The minimum atomic E-state index is -0.296. The fraction of sp³-hybridized carbons (Fsp3) is 0.562. The van der Waals surface area contributed by atoms with Crippen LogP contribution in [0.15, 0.2) is 24.3 Å². The van der Waals surface area contributed by atoms with Crippen molar-refractivity contribution in [2.75, 3.05) is 31.6 Å². The Bertz CT molecular complexity index is 403. The molecule has 1 rings (SSSR count). The maximum absolute atomic E-state index is 11.9. The third kappa shape index (κ3) is 4.85. The lowest BCUT2D eigenvalue weighted by Gasteiger charge is -2.25. The molecule has 1 aromatic rings. The Morgan fingerprint density at radius 2 is 1.90 bits per heavy atom. The summed E-state index contributed by atoms with van der Waals surface area (Å²) < 4.78 is 5.10. The van der Waals surface area contributed by atoms with E-state index in [0.29, 0.717) is 13.2 Å². The third-order valence-corrected chi connectivity index (χ3v) is 3.26. The molecule has 0 spiro atoms. The second-order valence-electron chi connectivity index (χ2n) is 4.76. The first-order valence-corrected chi connectivity index (χ1v) is 7.32. The number of nitrogens with one attached hydrogen (secondary N) is 1. The highest BCUT2D eigenvalue weighted by atomic mass is 16.5. The zero-order valence-corrected chi connectivity index (χ0v) is 13.0. The summed E-state index contributed by atoms with van der Waals surface area (Å²) in [5, 5.41) is 3.17. The van der Waals surface area contributed by atoms with Crippen molar-refractivity contribution in [1.82, 2.24) is 5.32 Å². The molecule has 0 aromatic heterocycles. The first kappa shape index (κ1) is 16.5. The van der Waals surface area contributed by atoms with Crippen LogP contribution in [0, 0.1) is 0 Å². The number of aryl methyl sites for hydroxylation is 1. The van der Waals surface area contributed by atoms with Gasteiger partial charge in [0.15, 0.2) is 0 Å². The predicted molar refractivity (Wildman–Crippen MR) is 83.2 cm³/mol. The molecular formula is C16H26N2O2. The van der Waals surface area contributed by atoms with Gasteiger partial charge in [-0.3, -0.25) is 4.79 Å². The summed E-state index contributed by atoms with van der Waals surface area (Å²) in [7, 11) is 1.99. The van der Waals surface area contributed by atoms with E-state index in [1.54, 1.807) is 0 Å². The van der Waals surface area contributed by atoms with Gasteiger partial charge in [-0.1, -0.05) is 26.0 Å². The molecule has 0 saturated carbocycles. The minimum absolute atomic E-state index is 0.189. The minimum Gasteiger partial charge on any atom is -0.465 e. The molecule has 0 amide bonds. The van der Waals surface area contributed by atoms with Gasteiger partial charge in [0.25, 0.3) is 0 Å². The summed E-state index contributed by atoms with van der Waals surface area (Å²) in [6.45, 7) is 7.71. The Morgan fingerprint density at radius 1 is 1.25 bits per heavy atom. The van der Waals surface area contributed by atoms with E-state index in [-0.39, 0.29) is 12.0 Å². The zero-order chi connectivity index (χ0) is 15.0. The van der Waals surface area contributed by atoms with Crippen LogP contribution < -0.4 is 10.2 Å². The summed E-state index contributed by atoms with van der Waals surface area (Å²) in [5.74, 6) is -0.189. The average molecular weight is 278 g/mol. The molecule has 1 aromatic carbocycles. The van der Waals surface area contributed by atoms with Gasteiger partial charge in [0.2, 0.25) is 0 Å². The van der Waals surface area contributed by atoms with Gasteiger partial charge in [-0.05, 0) is 37.6 Å². The van der Waals surface area contributed by atoms with Crippen LogP contribution in [0.5, 0.6) is 0 Å². The summed E-state index contributed by atoms with van der Waals surface area (Å²) in [4.78, 5) is 14.0. The molecule has 0 aliphatic rings. The fourth-order valence-electron chi connectivity index (χ4n) is 2.08. The first-order chi connectivity index (χ1) is 9.62. The number of benzene rings is 1. The van der Waals surface area contributed by atoms with E-state index < -0.39 is 0 Å². The molecule has 0 saturated heterocycles. The quantitative estimate of drug-likeness (QED) is 0.740. The van der Waals surface area contributed by atoms with E-state index in [1.165, 1.54) is 5.56 Å². The molecule has 1 unspecified atom stereocenters. The number of nitrogens with zero attached hydrogens (tertiary/aromatic N) is 1. The van der Waals surface area contributed by atoms with Gasteiger partial charge in [0.1, 0.15) is 6.04 Å². The molecule has 4 nitrogen and oxygen atoms in total. The van der Waals surface area contributed by atoms with Crippen LogP contribution in [-0.4, -0.2) is 38.8 Å². The Balaban J connectivity index is 2.68. The summed E-state index contributed by atoms with van der Waals surface area (Å²) in [5.41, 5.74) is 2.42. The highest BCUT2D eigenvalue weighted by molar-refractivity contribution is 5.76. The van der Waals surface area contributed by atoms with E-state index in [2.05, 4.69) is 41.4 Å². The highest BCUT2D eigenvalue weighted by Crippen LogP contribution is 2.14. The molecule has 112 valence electrons. The lowest BCUT2D eigenvalue weighted by atomic mass is 10.1. The van der Waals surface area contributed by atoms with Gasteiger partial charge in [-0.15, -0.1) is 0 Å². The molecule has 0 radical (unpaired) electrons. The van der Waals surface area contributed by atoms with Gasteiger partial charge in [0, 0.05) is 19.3 Å². The fourth-order valence-corrected chi connectivity index (χ4v) is 2.08. The lowest BCUT2D eigenvalue weighted by Crippen LogP contribution is -2.46. The highest BCUT2D eigenvalue weighted by Gasteiger charge is 2.20. The third-order valence-electron chi connectivity index (χ3n) is 3.26. The molecule has 20 heavy (non-hydrogen) atoms. The molecule has 1 atom stereocenters. The van der Waals surface area contributed by atoms with Crippen molar-refractivity contribution < 1.29 is 9.53 Å². The zero-order valence-electron chi connectivity index (χ0n) is 13.0. The van der Waals surface area contributed by atoms with Crippen LogP contribution in [0.4, 0.5) is 5.69 Å². The van der Waals surface area contributed by atoms with Crippen LogP contribution in [0.1, 0.15) is 26.3 Å². The van der Waals surface area contributed by atoms with E-state index in [1.807, 2.05) is 20.9 Å². The van der Waals surface area contributed by atoms with E-state index >= 15 is 0 Å². The Hall–Kier alpha value is -1.55. The summed E-state index contributed by atoms with van der Waals surface area (Å²) >= 11 is 0. The number of rotatable bonds is 8. The van der Waals surface area contributed by atoms with Gasteiger partial charge >= 0.3 is 5.97 Å². The van der Waals surface area contributed by atoms with E-state index in [0.717, 1.165) is 18.7 Å². The number of anilines is 1. The van der Waals surface area contributed by atoms with Crippen molar-refractivity contribution in [3.05, 3.63) is 29.8 Å². The van der Waals surface area contributed by atoms with Crippen molar-refractivity contribution >= 4 is 11.7 Å². The van der Waals surface area contributed by atoms with Crippen LogP contribution in [0.25, 0.3) is 0 Å². The second kappa shape index (κ2) is 8.59. The van der Waals surface area contributed by atoms with Crippen molar-refractivity contribution in [2.45, 2.75) is 33.2 Å². The normalized spacial score (nSPS) is 12.0. The Kier molecular flexibility index (Phi) is 7.09. The molecule has 4 heteroatoms. The van der Waals surface area contributed by atoms with E-state index in [9.17, 15) is 4.79 Å². The molecule has 0 heterocycles. The maximum atomic E-state index is 11.9. The first-order valence-electron chi connectivity index (χ1n) is 7.32. The molecule has 0 aliphatic heterocycles. The van der Waals surface area contributed by atoms with Crippen LogP contribution in [0.2, 0.25) is 0 Å². The van der Waals surface area contributed by atoms with Crippen molar-refractivity contribution in [1.29, 1.82) is 0 Å². The number of likely N-dealkylation sites (N-methyl/N-ethyl adjacent to an activating group) is 2. The number of esters is 1. The number of ether oxygens (including phenoxy) is 1. The Labute approximate surface area is 122 Å². The largest absolute Gasteiger partial charge is 0.465 e. The van der Waals surface area contributed by atoms with E-state index in [4.69, 9.17) is 4.74 Å². The molecular weight excluding hydrogens is 252 g/mol. The van der Waals surface area contributed by atoms with Crippen molar-refractivity contribution in [3.63, 3.8) is 0 Å². The SMILES string of the molecule is CCNC(CN(C)c1ccc(CC)cc1)C(=O)OCC. The second-order valence-corrected chi connectivity index (χ2v) is 4.76. The maximum Gasteiger partial charge on any atom is 0.324 e. The lowest BCUT2D eigenvalue weighted by molar-refractivity contribution is -0.145. The van der Waals surface area contributed by atoms with Crippen LogP contribution in [0.3, 0.4) is 0 Å². The number of carbonyl (C=O) groups is 1. The van der Waals surface area contributed by atoms with Crippen molar-refractivity contribution in [2.24, 2.45) is 0 Å². The average Bonchev–Trinajstić information content (AvgIpc) is 2.47. The van der Waals surface area contributed by atoms with Crippen LogP contribution >= 0.6 is 0 Å². The molecule has 0 fully saturated rings. The summed E-state index contributed by atoms with van der Waals surface area (Å²) in [6, 6.07) is 8.13. The number of hydrogen-bond acceptors (Lipinski definition) is 4. The van der Waals surface area contributed by atoms with Gasteiger partial charge in [0.05, 0.1) is 6.61 Å². The van der Waals surface area contributed by atoms with Crippen LogP contribution in [-0.2, 0) is 16.0 Å². The van der Waals surface area contributed by atoms with Crippen molar-refractivity contribution in [3.8, 4) is 0 Å². The topological polar surface area (TPSA) is 41.6 Å². The predicted octanol–water partition coefficient (Wildman–Crippen LogP) is 2.23.